The van der Waals surface area contributed by atoms with Crippen molar-refractivity contribution in [3.63, 3.8) is 0 Å². The van der Waals surface area contributed by atoms with Gasteiger partial charge in [-0.25, -0.2) is 23.3 Å². The molecule has 0 saturated heterocycles. The van der Waals surface area contributed by atoms with Crippen LogP contribution in [0.1, 0.15) is 40.8 Å². The van der Waals surface area contributed by atoms with Crippen LogP contribution in [-0.4, -0.2) is 19.6 Å². The van der Waals surface area contributed by atoms with Crippen LogP contribution in [0, 0.1) is 0 Å². The van der Waals surface area contributed by atoms with Gasteiger partial charge in [0.1, 0.15) is 5.15 Å². The number of fused-ring (bicyclic) bond motifs is 2. The Morgan fingerprint density at radius 1 is 1.24 bits per heavy atom. The first-order chi connectivity index (χ1) is 12.1. The molecule has 126 valence electrons. The Balaban J connectivity index is 1.51. The number of hydrogen-bond donors (Lipinski definition) is 0. The summed E-state index contributed by atoms with van der Waals surface area (Å²) in [7, 11) is 0. The van der Waals surface area contributed by atoms with Crippen LogP contribution in [0.5, 0.6) is 0 Å². The van der Waals surface area contributed by atoms with E-state index in [1.165, 1.54) is 0 Å². The molecular formula is C17H11ClF2N4S. The molecule has 0 amide bonds. The minimum Gasteiger partial charge on any atom is -0.235 e. The van der Waals surface area contributed by atoms with Gasteiger partial charge in [-0.15, -0.1) is 11.3 Å². The van der Waals surface area contributed by atoms with Crippen molar-refractivity contribution in [2.45, 2.75) is 24.7 Å². The first-order valence-electron chi connectivity index (χ1n) is 7.78. The monoisotopic (exact) mass is 376 g/mol. The number of benzene rings is 1. The smallest absolute Gasteiger partial charge is 0.235 e. The molecule has 1 aliphatic rings. The number of aromatic nitrogens is 4. The largest absolute Gasteiger partial charge is 0.289 e. The third kappa shape index (κ3) is 2.49. The van der Waals surface area contributed by atoms with Crippen LogP contribution in [0.15, 0.2) is 36.7 Å². The van der Waals surface area contributed by atoms with E-state index in [-0.39, 0.29) is 5.01 Å². The Kier molecular flexibility index (Phi) is 3.30. The normalized spacial score (nSPS) is 20.0. The minimum atomic E-state index is -2.53. The maximum absolute atomic E-state index is 12.8. The third-order valence-electron chi connectivity index (χ3n) is 4.59. The second kappa shape index (κ2) is 5.44. The Labute approximate surface area is 150 Å². The van der Waals surface area contributed by atoms with Gasteiger partial charge in [-0.2, -0.15) is 5.10 Å². The van der Waals surface area contributed by atoms with Gasteiger partial charge in [0.2, 0.25) is 0 Å². The van der Waals surface area contributed by atoms with Crippen molar-refractivity contribution in [1.82, 2.24) is 19.6 Å². The van der Waals surface area contributed by atoms with Crippen molar-refractivity contribution >= 4 is 38.8 Å². The minimum absolute atomic E-state index is 0.125. The van der Waals surface area contributed by atoms with E-state index in [4.69, 9.17) is 11.6 Å². The fraction of sp³-hybridized carbons (Fsp3) is 0.235. The fourth-order valence-electron chi connectivity index (χ4n) is 3.37. The van der Waals surface area contributed by atoms with Gasteiger partial charge in [0.25, 0.3) is 6.43 Å². The van der Waals surface area contributed by atoms with Gasteiger partial charge in [-0.3, -0.25) is 0 Å². The average molecular weight is 377 g/mol. The number of thiazole rings is 1. The molecule has 0 radical (unpaired) electrons. The quantitative estimate of drug-likeness (QED) is 0.493. The van der Waals surface area contributed by atoms with Crippen LogP contribution < -0.4 is 0 Å². The molecule has 3 aromatic heterocycles. The van der Waals surface area contributed by atoms with Gasteiger partial charge in [0.05, 0.1) is 10.2 Å². The van der Waals surface area contributed by atoms with Crippen LogP contribution in [0.25, 0.3) is 15.9 Å². The summed E-state index contributed by atoms with van der Waals surface area (Å²) in [6.45, 7) is 0. The van der Waals surface area contributed by atoms with E-state index >= 15 is 0 Å². The highest BCUT2D eigenvalue weighted by molar-refractivity contribution is 7.18. The fourth-order valence-corrected chi connectivity index (χ4v) is 4.44. The first-order valence-corrected chi connectivity index (χ1v) is 8.98. The Bertz CT molecular complexity index is 1110. The Morgan fingerprint density at radius 3 is 2.96 bits per heavy atom. The molecule has 0 bridgehead atoms. The molecule has 1 aliphatic carbocycles. The molecule has 5 rings (SSSR count). The van der Waals surface area contributed by atoms with Crippen LogP contribution >= 0.6 is 22.9 Å². The van der Waals surface area contributed by atoms with Gasteiger partial charge < -0.3 is 0 Å². The Hall–Kier alpha value is -2.12. The summed E-state index contributed by atoms with van der Waals surface area (Å²) in [5.41, 5.74) is 3.66. The summed E-state index contributed by atoms with van der Waals surface area (Å²) in [5.74, 6) is 0.644. The summed E-state index contributed by atoms with van der Waals surface area (Å²) in [5, 5.41) is 4.52. The van der Waals surface area contributed by atoms with E-state index in [9.17, 15) is 8.78 Å². The molecular weight excluding hydrogens is 366 g/mol. The molecule has 1 fully saturated rings. The predicted octanol–water partition coefficient (Wildman–Crippen LogP) is 5.20. The molecule has 3 heterocycles. The zero-order valence-electron chi connectivity index (χ0n) is 12.7. The lowest BCUT2D eigenvalue weighted by atomic mass is 10.1. The van der Waals surface area contributed by atoms with Gasteiger partial charge in [0, 0.05) is 18.0 Å². The highest BCUT2D eigenvalue weighted by atomic mass is 35.5. The SMILES string of the molecule is FC(F)c1nc2ccc(C3CC3c3cc(Cl)nn4ccnc34)cc2s1. The van der Waals surface area contributed by atoms with Gasteiger partial charge in [0.15, 0.2) is 10.7 Å². The van der Waals surface area contributed by atoms with E-state index in [0.717, 1.165) is 39.2 Å². The van der Waals surface area contributed by atoms with Crippen LogP contribution in [0.2, 0.25) is 5.15 Å². The van der Waals surface area contributed by atoms with Crippen molar-refractivity contribution in [2.24, 2.45) is 0 Å². The number of imidazole rings is 1. The Morgan fingerprint density at radius 2 is 2.12 bits per heavy atom. The molecule has 4 nitrogen and oxygen atoms in total. The van der Waals surface area contributed by atoms with E-state index in [1.54, 1.807) is 16.9 Å². The zero-order chi connectivity index (χ0) is 17.1. The highest BCUT2D eigenvalue weighted by Crippen LogP contribution is 2.56. The molecule has 2 unspecified atom stereocenters. The van der Waals surface area contributed by atoms with E-state index in [0.29, 0.717) is 22.5 Å². The lowest BCUT2D eigenvalue weighted by Crippen LogP contribution is -1.96. The zero-order valence-corrected chi connectivity index (χ0v) is 14.3. The molecule has 0 spiro atoms. The van der Waals surface area contributed by atoms with Crippen molar-refractivity contribution in [2.75, 3.05) is 0 Å². The van der Waals surface area contributed by atoms with Crippen molar-refractivity contribution in [3.8, 4) is 0 Å². The average Bonchev–Trinajstić information content (AvgIpc) is 3.03. The number of rotatable bonds is 3. The van der Waals surface area contributed by atoms with Crippen LogP contribution in [0.4, 0.5) is 8.78 Å². The van der Waals surface area contributed by atoms with Crippen molar-refractivity contribution in [1.29, 1.82) is 0 Å². The van der Waals surface area contributed by atoms with E-state index < -0.39 is 6.43 Å². The van der Waals surface area contributed by atoms with Crippen LogP contribution in [-0.2, 0) is 0 Å². The summed E-state index contributed by atoms with van der Waals surface area (Å²) >= 11 is 7.18. The second-order valence-corrected chi connectivity index (χ2v) is 7.60. The van der Waals surface area contributed by atoms with Crippen molar-refractivity contribution < 1.29 is 8.78 Å². The third-order valence-corrected chi connectivity index (χ3v) is 5.80. The molecule has 0 aliphatic heterocycles. The molecule has 1 aromatic carbocycles. The lowest BCUT2D eigenvalue weighted by molar-refractivity contribution is 0.151. The van der Waals surface area contributed by atoms with Gasteiger partial charge in [-0.1, -0.05) is 17.7 Å². The van der Waals surface area contributed by atoms with Gasteiger partial charge >= 0.3 is 0 Å². The predicted molar refractivity (Wildman–Crippen MR) is 92.7 cm³/mol. The van der Waals surface area contributed by atoms with Crippen LogP contribution in [0.3, 0.4) is 0 Å². The maximum Gasteiger partial charge on any atom is 0.289 e. The lowest BCUT2D eigenvalue weighted by Gasteiger charge is -2.04. The highest BCUT2D eigenvalue weighted by Gasteiger charge is 2.41. The summed E-state index contributed by atoms with van der Waals surface area (Å²) < 4.78 is 28.2. The summed E-state index contributed by atoms with van der Waals surface area (Å²) in [6, 6.07) is 7.66. The number of nitrogens with zero attached hydrogens (tertiary/aromatic N) is 4. The topological polar surface area (TPSA) is 43.1 Å². The molecule has 8 heteroatoms. The van der Waals surface area contributed by atoms with E-state index in [2.05, 4.69) is 15.1 Å². The standard InChI is InChI=1S/C17H11ClF2N4S/c18-14-7-11(16-21-3-4-24(16)23-14)10-6-9(10)8-1-2-12-13(5-8)25-17(22-12)15(19)20/h1-5,7,9-10,15H,6H2. The second-order valence-electron chi connectivity index (χ2n) is 6.15. The summed E-state index contributed by atoms with van der Waals surface area (Å²) in [6.07, 6.45) is 1.93. The molecule has 0 N–H and O–H groups in total. The van der Waals surface area contributed by atoms with Gasteiger partial charge in [-0.05, 0) is 42.0 Å². The maximum atomic E-state index is 12.8. The number of hydrogen-bond acceptors (Lipinski definition) is 4. The first kappa shape index (κ1) is 15.2. The molecule has 25 heavy (non-hydrogen) atoms. The van der Waals surface area contributed by atoms with Crippen molar-refractivity contribution in [3.05, 3.63) is 57.9 Å². The summed E-state index contributed by atoms with van der Waals surface area (Å²) in [4.78, 5) is 8.36. The number of alkyl halides is 2. The number of halogens is 3. The molecule has 1 saturated carbocycles. The van der Waals surface area contributed by atoms with E-state index in [1.807, 2.05) is 24.3 Å². The molecule has 2 atom stereocenters. The molecule has 4 aromatic rings.